The van der Waals surface area contributed by atoms with Gasteiger partial charge in [-0.1, -0.05) is 13.8 Å². The lowest BCUT2D eigenvalue weighted by Gasteiger charge is -2.20. The Kier molecular flexibility index (Phi) is 2.86. The number of fused-ring (bicyclic) bond motifs is 1. The molecule has 0 spiro atoms. The van der Waals surface area contributed by atoms with E-state index in [2.05, 4.69) is 47.2 Å². The van der Waals surface area contributed by atoms with Crippen LogP contribution in [0.4, 0.5) is 5.82 Å². The average Bonchev–Trinajstić information content (AvgIpc) is 2.63. The fourth-order valence-electron chi connectivity index (χ4n) is 1.72. The van der Waals surface area contributed by atoms with Crippen molar-refractivity contribution in [3.05, 3.63) is 17.8 Å². The van der Waals surface area contributed by atoms with Crippen LogP contribution in [0.25, 0.3) is 10.2 Å². The lowest BCUT2D eigenvalue weighted by molar-refractivity contribution is 0.635. The molecular weight excluding hydrogens is 206 g/mol. The second-order valence-corrected chi connectivity index (χ2v) is 5.01. The Morgan fingerprint density at radius 2 is 2.20 bits per heavy atom. The van der Waals surface area contributed by atoms with Crippen LogP contribution in [0.1, 0.15) is 13.8 Å². The van der Waals surface area contributed by atoms with Gasteiger partial charge in [0.05, 0.1) is 5.39 Å². The molecule has 0 saturated carbocycles. The molecule has 0 saturated heterocycles. The zero-order valence-corrected chi connectivity index (χ0v) is 10.1. The van der Waals surface area contributed by atoms with Crippen molar-refractivity contribution in [2.45, 2.75) is 13.8 Å². The van der Waals surface area contributed by atoms with E-state index < -0.39 is 0 Å². The van der Waals surface area contributed by atoms with Crippen LogP contribution in [0.5, 0.6) is 0 Å². The number of thiophene rings is 1. The summed E-state index contributed by atoms with van der Waals surface area (Å²) in [7, 11) is 2.08. The predicted molar refractivity (Wildman–Crippen MR) is 65.5 cm³/mol. The highest BCUT2D eigenvalue weighted by atomic mass is 32.1. The quantitative estimate of drug-likeness (QED) is 0.798. The maximum Gasteiger partial charge on any atom is 0.140 e. The van der Waals surface area contributed by atoms with Gasteiger partial charge < -0.3 is 4.90 Å². The fraction of sp³-hybridized carbons (Fsp3) is 0.455. The number of anilines is 1. The summed E-state index contributed by atoms with van der Waals surface area (Å²) < 4.78 is 0. The third kappa shape index (κ3) is 2.09. The number of aromatic nitrogens is 2. The Morgan fingerprint density at radius 3 is 2.93 bits per heavy atom. The Bertz CT molecular complexity index is 450. The van der Waals surface area contributed by atoms with E-state index in [-0.39, 0.29) is 0 Å². The number of rotatable bonds is 3. The van der Waals surface area contributed by atoms with Crippen molar-refractivity contribution in [1.82, 2.24) is 9.97 Å². The molecule has 0 aliphatic carbocycles. The van der Waals surface area contributed by atoms with Gasteiger partial charge in [-0.15, -0.1) is 11.3 Å². The van der Waals surface area contributed by atoms with Gasteiger partial charge in [-0.25, -0.2) is 9.97 Å². The third-order valence-corrected chi connectivity index (χ3v) is 3.06. The van der Waals surface area contributed by atoms with Crippen LogP contribution in [0.15, 0.2) is 17.8 Å². The lowest BCUT2D eigenvalue weighted by Crippen LogP contribution is -2.23. The molecule has 4 heteroatoms. The highest BCUT2D eigenvalue weighted by Gasteiger charge is 2.09. The van der Waals surface area contributed by atoms with Crippen LogP contribution in [0.2, 0.25) is 0 Å². The molecule has 2 heterocycles. The van der Waals surface area contributed by atoms with E-state index in [0.29, 0.717) is 5.92 Å². The first kappa shape index (κ1) is 10.4. The summed E-state index contributed by atoms with van der Waals surface area (Å²) in [6, 6.07) is 2.09. The first-order chi connectivity index (χ1) is 7.18. The summed E-state index contributed by atoms with van der Waals surface area (Å²) in [5.41, 5.74) is 0. The molecule has 0 bridgehead atoms. The van der Waals surface area contributed by atoms with E-state index in [4.69, 9.17) is 0 Å². The van der Waals surface area contributed by atoms with Gasteiger partial charge in [-0.3, -0.25) is 0 Å². The highest BCUT2D eigenvalue weighted by molar-refractivity contribution is 7.16. The minimum Gasteiger partial charge on any atom is -0.359 e. The largest absolute Gasteiger partial charge is 0.359 e. The van der Waals surface area contributed by atoms with Crippen molar-refractivity contribution in [3.63, 3.8) is 0 Å². The summed E-state index contributed by atoms with van der Waals surface area (Å²) in [6.45, 7) is 5.44. The van der Waals surface area contributed by atoms with Crippen molar-refractivity contribution < 1.29 is 0 Å². The van der Waals surface area contributed by atoms with Gasteiger partial charge in [0, 0.05) is 13.6 Å². The van der Waals surface area contributed by atoms with Crippen LogP contribution >= 0.6 is 11.3 Å². The second-order valence-electron chi connectivity index (χ2n) is 4.11. The molecule has 0 aliphatic heterocycles. The van der Waals surface area contributed by atoms with Crippen molar-refractivity contribution >= 4 is 27.4 Å². The molecule has 0 fully saturated rings. The topological polar surface area (TPSA) is 29.0 Å². The molecule has 0 aromatic carbocycles. The SMILES string of the molecule is CC(C)CN(C)c1ncnc2sccc12. The van der Waals surface area contributed by atoms with Crippen LogP contribution in [-0.2, 0) is 0 Å². The van der Waals surface area contributed by atoms with Gasteiger partial charge in [0.15, 0.2) is 0 Å². The van der Waals surface area contributed by atoms with Crippen molar-refractivity contribution in [1.29, 1.82) is 0 Å². The molecule has 2 rings (SSSR count). The zero-order chi connectivity index (χ0) is 10.8. The molecule has 0 amide bonds. The molecule has 0 aliphatic rings. The van der Waals surface area contributed by atoms with Gasteiger partial charge in [-0.2, -0.15) is 0 Å². The van der Waals surface area contributed by atoms with Gasteiger partial charge >= 0.3 is 0 Å². The standard InChI is InChI=1S/C11H15N3S/c1-8(2)6-14(3)10-9-4-5-15-11(9)13-7-12-10/h4-5,7-8H,6H2,1-3H3. The molecule has 0 N–H and O–H groups in total. The maximum absolute atomic E-state index is 4.35. The van der Waals surface area contributed by atoms with Gasteiger partial charge in [0.2, 0.25) is 0 Å². The normalized spacial score (nSPS) is 11.2. The third-order valence-electron chi connectivity index (χ3n) is 2.24. The van der Waals surface area contributed by atoms with Crippen molar-refractivity contribution in [2.24, 2.45) is 5.92 Å². The molecule has 2 aromatic heterocycles. The van der Waals surface area contributed by atoms with E-state index in [0.717, 1.165) is 22.6 Å². The summed E-state index contributed by atoms with van der Waals surface area (Å²) in [6.07, 6.45) is 1.64. The van der Waals surface area contributed by atoms with Crippen molar-refractivity contribution in [3.8, 4) is 0 Å². The monoisotopic (exact) mass is 221 g/mol. The van der Waals surface area contributed by atoms with Crippen molar-refractivity contribution in [2.75, 3.05) is 18.5 Å². The van der Waals surface area contributed by atoms with Crippen LogP contribution in [-0.4, -0.2) is 23.6 Å². The Morgan fingerprint density at radius 1 is 1.40 bits per heavy atom. The lowest BCUT2D eigenvalue weighted by atomic mass is 10.2. The fourth-order valence-corrected chi connectivity index (χ4v) is 2.44. The molecule has 0 atom stereocenters. The molecule has 2 aromatic rings. The number of hydrogen-bond acceptors (Lipinski definition) is 4. The summed E-state index contributed by atoms with van der Waals surface area (Å²) in [5, 5.41) is 3.22. The molecule has 0 radical (unpaired) electrons. The van der Waals surface area contributed by atoms with E-state index >= 15 is 0 Å². The average molecular weight is 221 g/mol. The minimum atomic E-state index is 0.638. The Hall–Kier alpha value is -1.16. The smallest absolute Gasteiger partial charge is 0.140 e. The number of nitrogens with zero attached hydrogens (tertiary/aromatic N) is 3. The second kappa shape index (κ2) is 4.14. The van der Waals surface area contributed by atoms with E-state index in [1.165, 1.54) is 0 Å². The number of hydrogen-bond donors (Lipinski definition) is 0. The maximum atomic E-state index is 4.35. The van der Waals surface area contributed by atoms with Crippen LogP contribution in [0.3, 0.4) is 0 Å². The summed E-state index contributed by atoms with van der Waals surface area (Å²) in [5.74, 6) is 1.67. The molecule has 15 heavy (non-hydrogen) atoms. The molecular formula is C11H15N3S. The first-order valence-electron chi connectivity index (χ1n) is 5.08. The predicted octanol–water partition coefficient (Wildman–Crippen LogP) is 2.78. The molecule has 3 nitrogen and oxygen atoms in total. The highest BCUT2D eigenvalue weighted by Crippen LogP contribution is 2.26. The van der Waals surface area contributed by atoms with Gasteiger partial charge in [0.1, 0.15) is 17.0 Å². The summed E-state index contributed by atoms with van der Waals surface area (Å²) >= 11 is 1.66. The summed E-state index contributed by atoms with van der Waals surface area (Å²) in [4.78, 5) is 11.9. The van der Waals surface area contributed by atoms with E-state index in [1.54, 1.807) is 17.7 Å². The van der Waals surface area contributed by atoms with Crippen LogP contribution in [0, 0.1) is 5.92 Å². The van der Waals surface area contributed by atoms with Gasteiger partial charge in [0.25, 0.3) is 0 Å². The van der Waals surface area contributed by atoms with Crippen LogP contribution < -0.4 is 4.90 Å². The molecule has 0 unspecified atom stereocenters. The van der Waals surface area contributed by atoms with Gasteiger partial charge in [-0.05, 0) is 17.4 Å². The first-order valence-corrected chi connectivity index (χ1v) is 5.96. The van der Waals surface area contributed by atoms with E-state index in [9.17, 15) is 0 Å². The Labute approximate surface area is 93.8 Å². The zero-order valence-electron chi connectivity index (χ0n) is 9.27. The molecule has 80 valence electrons. The minimum absolute atomic E-state index is 0.638. The Balaban J connectivity index is 2.38. The van der Waals surface area contributed by atoms with E-state index in [1.807, 2.05) is 0 Å².